The number of benzene rings is 3. The topological polar surface area (TPSA) is 64.6 Å². The zero-order valence-corrected chi connectivity index (χ0v) is 17.8. The van der Waals surface area contributed by atoms with E-state index >= 15 is 0 Å². The number of allylic oxidation sites excluding steroid dienone is 1. The number of aryl methyl sites for hydroxylation is 1. The SMILES string of the molecule is CCOc1ccc(C=CC(=O)c2ccc(NC(=O)c3cccc(C)c3)cc2)cc1OC. The lowest BCUT2D eigenvalue weighted by Crippen LogP contribution is -2.12. The number of ether oxygens (including phenoxy) is 2. The van der Waals surface area contributed by atoms with Crippen molar-refractivity contribution in [3.63, 3.8) is 0 Å². The summed E-state index contributed by atoms with van der Waals surface area (Å²) < 4.78 is 10.8. The molecule has 0 aliphatic rings. The quantitative estimate of drug-likeness (QED) is 0.387. The van der Waals surface area contributed by atoms with Crippen LogP contribution in [-0.2, 0) is 0 Å². The molecule has 1 N–H and O–H groups in total. The Kier molecular flexibility index (Phi) is 7.22. The number of carbonyl (C=O) groups is 2. The first-order valence-electron chi connectivity index (χ1n) is 10.0. The number of rotatable bonds is 8. The van der Waals surface area contributed by atoms with Crippen molar-refractivity contribution in [3.8, 4) is 11.5 Å². The molecule has 0 atom stereocenters. The summed E-state index contributed by atoms with van der Waals surface area (Å²) in [6.07, 6.45) is 3.24. The van der Waals surface area contributed by atoms with E-state index in [-0.39, 0.29) is 11.7 Å². The molecule has 0 aromatic heterocycles. The van der Waals surface area contributed by atoms with Gasteiger partial charge < -0.3 is 14.8 Å². The Labute approximate surface area is 182 Å². The van der Waals surface area contributed by atoms with E-state index in [0.717, 1.165) is 11.1 Å². The summed E-state index contributed by atoms with van der Waals surface area (Å²) in [5, 5.41) is 2.84. The van der Waals surface area contributed by atoms with Gasteiger partial charge in [0.2, 0.25) is 0 Å². The fraction of sp³-hybridized carbons (Fsp3) is 0.154. The zero-order valence-electron chi connectivity index (χ0n) is 17.8. The van der Waals surface area contributed by atoms with E-state index in [1.165, 1.54) is 6.08 Å². The maximum Gasteiger partial charge on any atom is 0.255 e. The zero-order chi connectivity index (χ0) is 22.2. The van der Waals surface area contributed by atoms with Crippen molar-refractivity contribution >= 4 is 23.5 Å². The highest BCUT2D eigenvalue weighted by molar-refractivity contribution is 6.08. The van der Waals surface area contributed by atoms with Crippen LogP contribution in [0.5, 0.6) is 11.5 Å². The highest BCUT2D eigenvalue weighted by Crippen LogP contribution is 2.28. The summed E-state index contributed by atoms with van der Waals surface area (Å²) in [5.41, 5.74) is 3.60. The van der Waals surface area contributed by atoms with Crippen LogP contribution in [0.25, 0.3) is 6.08 Å². The van der Waals surface area contributed by atoms with Crippen LogP contribution in [0, 0.1) is 6.92 Å². The van der Waals surface area contributed by atoms with Gasteiger partial charge in [0.15, 0.2) is 17.3 Å². The number of nitrogens with one attached hydrogen (secondary N) is 1. The number of carbonyl (C=O) groups excluding carboxylic acids is 2. The van der Waals surface area contributed by atoms with Crippen LogP contribution in [0.1, 0.15) is 38.8 Å². The standard InChI is InChI=1S/C26H25NO4/c1-4-31-24-15-9-19(17-25(24)30-3)8-14-23(28)20-10-12-22(13-11-20)27-26(29)21-7-5-6-18(2)16-21/h5-17H,4H2,1-3H3,(H,27,29). The summed E-state index contributed by atoms with van der Waals surface area (Å²) in [4.78, 5) is 24.9. The normalized spacial score (nSPS) is 10.7. The van der Waals surface area contributed by atoms with Gasteiger partial charge in [-0.2, -0.15) is 0 Å². The van der Waals surface area contributed by atoms with Gasteiger partial charge in [0, 0.05) is 16.8 Å². The smallest absolute Gasteiger partial charge is 0.255 e. The lowest BCUT2D eigenvalue weighted by atomic mass is 10.1. The minimum atomic E-state index is -0.188. The Morgan fingerprint density at radius 3 is 2.39 bits per heavy atom. The first-order chi connectivity index (χ1) is 15.0. The van der Waals surface area contributed by atoms with Crippen LogP contribution in [-0.4, -0.2) is 25.4 Å². The molecule has 3 aromatic carbocycles. The fourth-order valence-electron chi connectivity index (χ4n) is 3.04. The predicted molar refractivity (Wildman–Crippen MR) is 123 cm³/mol. The first kappa shape index (κ1) is 21.8. The van der Waals surface area contributed by atoms with Gasteiger partial charge in [-0.1, -0.05) is 29.8 Å². The average molecular weight is 415 g/mol. The third-order valence-corrected chi connectivity index (χ3v) is 4.62. The molecule has 5 nitrogen and oxygen atoms in total. The monoisotopic (exact) mass is 415 g/mol. The summed E-state index contributed by atoms with van der Waals surface area (Å²) in [7, 11) is 1.58. The highest BCUT2D eigenvalue weighted by atomic mass is 16.5. The van der Waals surface area contributed by atoms with Crippen LogP contribution >= 0.6 is 0 Å². The Bertz CT molecular complexity index is 1100. The van der Waals surface area contributed by atoms with Gasteiger partial charge in [-0.05, 0) is 74.0 Å². The maximum atomic E-state index is 12.5. The van der Waals surface area contributed by atoms with Crippen molar-refractivity contribution in [2.24, 2.45) is 0 Å². The second-order valence-electron chi connectivity index (χ2n) is 6.94. The summed E-state index contributed by atoms with van der Waals surface area (Å²) in [6, 6.07) is 19.7. The molecule has 5 heteroatoms. The minimum absolute atomic E-state index is 0.135. The van der Waals surface area contributed by atoms with Crippen LogP contribution in [0.15, 0.2) is 72.8 Å². The Balaban J connectivity index is 1.65. The van der Waals surface area contributed by atoms with E-state index in [1.807, 2.05) is 50.2 Å². The molecule has 0 heterocycles. The molecule has 0 radical (unpaired) electrons. The van der Waals surface area contributed by atoms with E-state index in [1.54, 1.807) is 43.5 Å². The van der Waals surface area contributed by atoms with Crippen LogP contribution < -0.4 is 14.8 Å². The van der Waals surface area contributed by atoms with Gasteiger partial charge in [-0.3, -0.25) is 9.59 Å². The van der Waals surface area contributed by atoms with Gasteiger partial charge in [-0.15, -0.1) is 0 Å². The second kappa shape index (κ2) is 10.3. The molecule has 0 fully saturated rings. The predicted octanol–water partition coefficient (Wildman–Crippen LogP) is 5.55. The lowest BCUT2D eigenvalue weighted by Gasteiger charge is -2.09. The van der Waals surface area contributed by atoms with Crippen molar-refractivity contribution in [2.75, 3.05) is 19.0 Å². The van der Waals surface area contributed by atoms with E-state index in [4.69, 9.17) is 9.47 Å². The highest BCUT2D eigenvalue weighted by Gasteiger charge is 2.08. The van der Waals surface area contributed by atoms with E-state index in [0.29, 0.717) is 34.9 Å². The molecule has 0 saturated heterocycles. The van der Waals surface area contributed by atoms with Gasteiger partial charge in [0.1, 0.15) is 0 Å². The summed E-state index contributed by atoms with van der Waals surface area (Å²) >= 11 is 0. The Morgan fingerprint density at radius 1 is 0.935 bits per heavy atom. The molecule has 0 saturated carbocycles. The average Bonchev–Trinajstić information content (AvgIpc) is 2.78. The number of amides is 1. The van der Waals surface area contributed by atoms with Gasteiger partial charge in [0.05, 0.1) is 13.7 Å². The Morgan fingerprint density at radius 2 is 1.71 bits per heavy atom. The van der Waals surface area contributed by atoms with Crippen molar-refractivity contribution in [1.82, 2.24) is 0 Å². The van der Waals surface area contributed by atoms with Crippen molar-refractivity contribution in [3.05, 3.63) is 95.1 Å². The van der Waals surface area contributed by atoms with Gasteiger partial charge in [-0.25, -0.2) is 0 Å². The number of methoxy groups -OCH3 is 1. The van der Waals surface area contributed by atoms with Gasteiger partial charge in [0.25, 0.3) is 5.91 Å². The number of ketones is 1. The van der Waals surface area contributed by atoms with Crippen molar-refractivity contribution < 1.29 is 19.1 Å². The van der Waals surface area contributed by atoms with Gasteiger partial charge >= 0.3 is 0 Å². The van der Waals surface area contributed by atoms with Crippen LogP contribution in [0.2, 0.25) is 0 Å². The molecule has 31 heavy (non-hydrogen) atoms. The minimum Gasteiger partial charge on any atom is -0.493 e. The number of hydrogen-bond donors (Lipinski definition) is 1. The molecule has 158 valence electrons. The third kappa shape index (κ3) is 5.82. The molecule has 3 aromatic rings. The first-order valence-corrected chi connectivity index (χ1v) is 10.0. The maximum absolute atomic E-state index is 12.5. The van der Waals surface area contributed by atoms with E-state index < -0.39 is 0 Å². The second-order valence-corrected chi connectivity index (χ2v) is 6.94. The van der Waals surface area contributed by atoms with Crippen molar-refractivity contribution in [2.45, 2.75) is 13.8 Å². The lowest BCUT2D eigenvalue weighted by molar-refractivity contribution is 0.102. The van der Waals surface area contributed by atoms with E-state index in [9.17, 15) is 9.59 Å². The summed E-state index contributed by atoms with van der Waals surface area (Å²) in [5.74, 6) is 0.957. The third-order valence-electron chi connectivity index (χ3n) is 4.62. The molecule has 0 unspecified atom stereocenters. The molecule has 0 spiro atoms. The Hall–Kier alpha value is -3.86. The largest absolute Gasteiger partial charge is 0.493 e. The van der Waals surface area contributed by atoms with Crippen molar-refractivity contribution in [1.29, 1.82) is 0 Å². The number of anilines is 1. The molecule has 1 amide bonds. The fourth-order valence-corrected chi connectivity index (χ4v) is 3.04. The summed E-state index contributed by atoms with van der Waals surface area (Å²) in [6.45, 7) is 4.39. The molecule has 0 aliphatic carbocycles. The molecular formula is C26H25NO4. The van der Waals surface area contributed by atoms with Crippen LogP contribution in [0.4, 0.5) is 5.69 Å². The van der Waals surface area contributed by atoms with E-state index in [2.05, 4.69) is 5.32 Å². The van der Waals surface area contributed by atoms with Crippen LogP contribution in [0.3, 0.4) is 0 Å². The molecular weight excluding hydrogens is 390 g/mol. The molecule has 3 rings (SSSR count). The number of hydrogen-bond acceptors (Lipinski definition) is 4. The molecule has 0 aliphatic heterocycles. The molecule has 0 bridgehead atoms.